The Kier molecular flexibility index (Phi) is 5.05. The summed E-state index contributed by atoms with van der Waals surface area (Å²) in [5, 5.41) is 6.61. The van der Waals surface area contributed by atoms with Gasteiger partial charge in [0.25, 0.3) is 0 Å². The number of thiazole rings is 1. The zero-order chi connectivity index (χ0) is 13.7. The van der Waals surface area contributed by atoms with Gasteiger partial charge in [-0.25, -0.2) is 9.37 Å². The van der Waals surface area contributed by atoms with Gasteiger partial charge >= 0.3 is 0 Å². The molecule has 0 aliphatic heterocycles. The lowest BCUT2D eigenvalue weighted by atomic mass is 10.1. The number of hydrogen-bond acceptors (Lipinski definition) is 3. The average molecular weight is 278 g/mol. The predicted octanol–water partition coefficient (Wildman–Crippen LogP) is 3.95. The Morgan fingerprint density at radius 2 is 2.16 bits per heavy atom. The molecule has 1 heterocycles. The molecule has 1 N–H and O–H groups in total. The van der Waals surface area contributed by atoms with Gasteiger partial charge in [0, 0.05) is 17.6 Å². The molecule has 2 unspecified atom stereocenters. The first-order chi connectivity index (χ1) is 9.20. The minimum atomic E-state index is -0.126. The van der Waals surface area contributed by atoms with Crippen molar-refractivity contribution < 1.29 is 4.39 Å². The minimum Gasteiger partial charge on any atom is -0.305 e. The van der Waals surface area contributed by atoms with Crippen molar-refractivity contribution in [2.45, 2.75) is 38.8 Å². The summed E-state index contributed by atoms with van der Waals surface area (Å²) in [5.41, 5.74) is 0.761. The van der Waals surface area contributed by atoms with E-state index in [-0.39, 0.29) is 17.9 Å². The molecule has 0 fully saturated rings. The highest BCUT2D eigenvalue weighted by atomic mass is 32.1. The molecule has 102 valence electrons. The van der Waals surface area contributed by atoms with Crippen molar-refractivity contribution in [3.8, 4) is 0 Å². The third kappa shape index (κ3) is 3.85. The van der Waals surface area contributed by atoms with Crippen LogP contribution < -0.4 is 5.32 Å². The molecule has 2 atom stereocenters. The standard InChI is InChI=1S/C15H19FN2S/c1-3-14(15-17-8-9-19-15)18-11(2)10-12-6-4-5-7-13(12)16/h4-9,11,14,18H,3,10H2,1-2H3. The minimum absolute atomic E-state index is 0.126. The molecule has 0 aliphatic rings. The fourth-order valence-corrected chi connectivity index (χ4v) is 2.95. The molecule has 0 saturated carbocycles. The normalized spacial score (nSPS) is 14.3. The summed E-state index contributed by atoms with van der Waals surface area (Å²) in [4.78, 5) is 4.35. The van der Waals surface area contributed by atoms with Gasteiger partial charge in [-0.05, 0) is 31.4 Å². The molecule has 0 amide bonds. The van der Waals surface area contributed by atoms with Crippen molar-refractivity contribution in [1.82, 2.24) is 10.3 Å². The molecule has 2 nitrogen and oxygen atoms in total. The van der Waals surface area contributed by atoms with Crippen LogP contribution in [0.1, 0.15) is 36.9 Å². The molecule has 0 bridgehead atoms. The second-order valence-electron chi connectivity index (χ2n) is 4.69. The zero-order valence-corrected chi connectivity index (χ0v) is 12.1. The fraction of sp³-hybridized carbons (Fsp3) is 0.400. The van der Waals surface area contributed by atoms with Crippen LogP contribution in [-0.4, -0.2) is 11.0 Å². The summed E-state index contributed by atoms with van der Waals surface area (Å²) in [5.74, 6) is -0.126. The van der Waals surface area contributed by atoms with Crippen LogP contribution in [0, 0.1) is 5.82 Å². The van der Waals surface area contributed by atoms with Crippen molar-refractivity contribution in [2.24, 2.45) is 0 Å². The van der Waals surface area contributed by atoms with E-state index in [1.165, 1.54) is 6.07 Å². The topological polar surface area (TPSA) is 24.9 Å². The summed E-state index contributed by atoms with van der Waals surface area (Å²) in [6, 6.07) is 7.43. The van der Waals surface area contributed by atoms with E-state index in [2.05, 4.69) is 24.1 Å². The molecular formula is C15H19FN2S. The molecule has 0 aliphatic carbocycles. The maximum absolute atomic E-state index is 13.6. The zero-order valence-electron chi connectivity index (χ0n) is 11.3. The van der Waals surface area contributed by atoms with Crippen molar-refractivity contribution in [1.29, 1.82) is 0 Å². The Labute approximate surface area is 117 Å². The summed E-state index contributed by atoms with van der Waals surface area (Å²) in [7, 11) is 0. The van der Waals surface area contributed by atoms with Crippen LogP contribution in [0.4, 0.5) is 4.39 Å². The van der Waals surface area contributed by atoms with Gasteiger partial charge in [0.2, 0.25) is 0 Å². The summed E-state index contributed by atoms with van der Waals surface area (Å²) < 4.78 is 13.6. The molecule has 4 heteroatoms. The van der Waals surface area contributed by atoms with E-state index in [0.717, 1.165) is 17.0 Å². The molecule has 1 aromatic heterocycles. The highest BCUT2D eigenvalue weighted by Gasteiger charge is 2.15. The molecular weight excluding hydrogens is 259 g/mol. The van der Waals surface area contributed by atoms with Crippen LogP contribution >= 0.6 is 11.3 Å². The van der Waals surface area contributed by atoms with Crippen molar-refractivity contribution >= 4 is 11.3 Å². The Balaban J connectivity index is 1.97. The summed E-state index contributed by atoms with van der Waals surface area (Å²) in [6.07, 6.45) is 3.50. The quantitative estimate of drug-likeness (QED) is 0.865. The number of halogens is 1. The maximum atomic E-state index is 13.6. The van der Waals surface area contributed by atoms with E-state index < -0.39 is 0 Å². The Hall–Kier alpha value is -1.26. The van der Waals surface area contributed by atoms with Gasteiger partial charge in [-0.2, -0.15) is 0 Å². The van der Waals surface area contributed by atoms with Crippen molar-refractivity contribution in [2.75, 3.05) is 0 Å². The highest BCUT2D eigenvalue weighted by Crippen LogP contribution is 2.20. The van der Waals surface area contributed by atoms with Crippen molar-refractivity contribution in [3.05, 3.63) is 52.2 Å². The Bertz CT molecular complexity index is 499. The lowest BCUT2D eigenvalue weighted by molar-refractivity contribution is 0.437. The number of rotatable bonds is 6. The van der Waals surface area contributed by atoms with E-state index >= 15 is 0 Å². The maximum Gasteiger partial charge on any atom is 0.126 e. The van der Waals surface area contributed by atoms with Crippen LogP contribution in [0.2, 0.25) is 0 Å². The van der Waals surface area contributed by atoms with Gasteiger partial charge < -0.3 is 5.32 Å². The van der Waals surface area contributed by atoms with Crippen LogP contribution in [0.25, 0.3) is 0 Å². The first-order valence-electron chi connectivity index (χ1n) is 6.59. The van der Waals surface area contributed by atoms with Crippen molar-refractivity contribution in [3.63, 3.8) is 0 Å². The van der Waals surface area contributed by atoms with E-state index in [0.29, 0.717) is 6.42 Å². The lowest BCUT2D eigenvalue weighted by Gasteiger charge is -2.21. The third-order valence-corrected chi connectivity index (χ3v) is 4.02. The second kappa shape index (κ2) is 6.78. The Morgan fingerprint density at radius 1 is 1.37 bits per heavy atom. The Morgan fingerprint density at radius 3 is 2.79 bits per heavy atom. The molecule has 0 radical (unpaired) electrons. The molecule has 0 saturated heterocycles. The molecule has 2 aromatic rings. The van der Waals surface area contributed by atoms with E-state index in [4.69, 9.17) is 0 Å². The first-order valence-corrected chi connectivity index (χ1v) is 7.47. The average Bonchev–Trinajstić information content (AvgIpc) is 2.92. The number of nitrogens with zero attached hydrogens (tertiary/aromatic N) is 1. The predicted molar refractivity (Wildman–Crippen MR) is 77.8 cm³/mol. The van der Waals surface area contributed by atoms with E-state index in [1.54, 1.807) is 17.4 Å². The third-order valence-electron chi connectivity index (χ3n) is 3.13. The number of nitrogens with one attached hydrogen (secondary N) is 1. The van der Waals surface area contributed by atoms with Crippen LogP contribution in [0.15, 0.2) is 35.8 Å². The SMILES string of the molecule is CCC(NC(C)Cc1ccccc1F)c1nccs1. The highest BCUT2D eigenvalue weighted by molar-refractivity contribution is 7.09. The van der Waals surface area contributed by atoms with E-state index in [9.17, 15) is 4.39 Å². The number of aromatic nitrogens is 1. The largest absolute Gasteiger partial charge is 0.305 e. The molecule has 0 spiro atoms. The lowest BCUT2D eigenvalue weighted by Crippen LogP contribution is -2.32. The van der Waals surface area contributed by atoms with Crippen LogP contribution in [0.5, 0.6) is 0 Å². The van der Waals surface area contributed by atoms with Crippen LogP contribution in [-0.2, 0) is 6.42 Å². The first kappa shape index (κ1) is 14.2. The fourth-order valence-electron chi connectivity index (χ4n) is 2.17. The van der Waals surface area contributed by atoms with E-state index in [1.807, 2.05) is 23.7 Å². The van der Waals surface area contributed by atoms with Gasteiger partial charge in [0.1, 0.15) is 10.8 Å². The van der Waals surface area contributed by atoms with Gasteiger partial charge in [-0.1, -0.05) is 25.1 Å². The monoisotopic (exact) mass is 278 g/mol. The number of hydrogen-bond donors (Lipinski definition) is 1. The summed E-state index contributed by atoms with van der Waals surface area (Å²) >= 11 is 1.66. The number of benzene rings is 1. The van der Waals surface area contributed by atoms with Gasteiger partial charge in [-0.15, -0.1) is 11.3 Å². The van der Waals surface area contributed by atoms with Gasteiger partial charge in [-0.3, -0.25) is 0 Å². The molecule has 2 rings (SSSR count). The molecule has 1 aromatic carbocycles. The molecule has 19 heavy (non-hydrogen) atoms. The summed E-state index contributed by atoms with van der Waals surface area (Å²) in [6.45, 7) is 4.22. The second-order valence-corrected chi connectivity index (χ2v) is 5.62. The van der Waals surface area contributed by atoms with Gasteiger partial charge in [0.15, 0.2) is 0 Å². The smallest absolute Gasteiger partial charge is 0.126 e. The van der Waals surface area contributed by atoms with Crippen LogP contribution in [0.3, 0.4) is 0 Å². The van der Waals surface area contributed by atoms with Gasteiger partial charge in [0.05, 0.1) is 6.04 Å².